The molecule has 0 aliphatic carbocycles. The van der Waals surface area contributed by atoms with Gasteiger partial charge in [0.1, 0.15) is 6.61 Å². The highest BCUT2D eigenvalue weighted by Crippen LogP contribution is 2.33. The lowest BCUT2D eigenvalue weighted by molar-refractivity contribution is -0.117. The fourth-order valence-electron chi connectivity index (χ4n) is 5.88. The molecule has 2 aliphatic rings. The molecular formula is C30H33ClN4O3. The maximum absolute atomic E-state index is 12.9. The molecule has 0 bridgehead atoms. The minimum absolute atomic E-state index is 0. The first-order chi connectivity index (χ1) is 18.0. The van der Waals surface area contributed by atoms with E-state index in [9.17, 15) is 9.59 Å². The molecule has 1 saturated heterocycles. The number of nitrogens with one attached hydrogen (secondary N) is 1. The lowest BCUT2D eigenvalue weighted by Gasteiger charge is -2.40. The summed E-state index contributed by atoms with van der Waals surface area (Å²) in [6.45, 7) is 7.26. The van der Waals surface area contributed by atoms with Gasteiger partial charge in [0.05, 0.1) is 12.2 Å². The van der Waals surface area contributed by atoms with Crippen molar-refractivity contribution in [2.45, 2.75) is 45.9 Å². The zero-order chi connectivity index (χ0) is 25.5. The molecule has 2 amide bonds. The Morgan fingerprint density at radius 1 is 1.00 bits per heavy atom. The summed E-state index contributed by atoms with van der Waals surface area (Å²) in [5.74, 6) is -0.0182. The number of hydrogen-bond acceptors (Lipinski definition) is 4. The number of aryl methyl sites for hydroxylation is 2. The van der Waals surface area contributed by atoms with E-state index in [1.165, 1.54) is 16.4 Å². The van der Waals surface area contributed by atoms with E-state index in [-0.39, 0.29) is 30.4 Å². The minimum atomic E-state index is -0.269. The molecule has 3 aromatic carbocycles. The van der Waals surface area contributed by atoms with Crippen LogP contribution in [0.1, 0.15) is 30.9 Å². The SMILES string of the molecule is CCn1c2ccccc2c2cc(NC(=O)CN3CCC(N4C(=O)OCc5ccc(C)cc54)CC3)ccc21.Cl. The number of piperidine rings is 1. The molecule has 8 heteroatoms. The molecular weight excluding hydrogens is 500 g/mol. The highest BCUT2D eigenvalue weighted by Gasteiger charge is 2.34. The van der Waals surface area contributed by atoms with Crippen LogP contribution in [0.4, 0.5) is 16.2 Å². The molecule has 4 aromatic rings. The average molecular weight is 533 g/mol. The van der Waals surface area contributed by atoms with Crippen LogP contribution < -0.4 is 10.2 Å². The van der Waals surface area contributed by atoms with Crippen LogP contribution in [0.15, 0.2) is 60.7 Å². The van der Waals surface area contributed by atoms with Gasteiger partial charge in [0, 0.05) is 58.7 Å². The van der Waals surface area contributed by atoms with Crippen LogP contribution in [0.3, 0.4) is 0 Å². The third-order valence-corrected chi connectivity index (χ3v) is 7.71. The first-order valence-corrected chi connectivity index (χ1v) is 13.1. The van der Waals surface area contributed by atoms with Crippen LogP contribution >= 0.6 is 12.4 Å². The van der Waals surface area contributed by atoms with E-state index >= 15 is 0 Å². The summed E-state index contributed by atoms with van der Waals surface area (Å²) in [6.07, 6.45) is 1.34. The van der Waals surface area contributed by atoms with Gasteiger partial charge in [-0.15, -0.1) is 12.4 Å². The lowest BCUT2D eigenvalue weighted by Crippen LogP contribution is -2.50. The molecule has 0 atom stereocenters. The average Bonchev–Trinajstić information content (AvgIpc) is 3.22. The molecule has 0 unspecified atom stereocenters. The van der Waals surface area contributed by atoms with Crippen LogP contribution in [0.2, 0.25) is 0 Å². The summed E-state index contributed by atoms with van der Waals surface area (Å²) in [4.78, 5) is 29.6. The molecule has 0 saturated carbocycles. The van der Waals surface area contributed by atoms with Gasteiger partial charge in [-0.1, -0.05) is 30.3 Å². The third kappa shape index (κ3) is 4.72. The molecule has 198 valence electrons. The summed E-state index contributed by atoms with van der Waals surface area (Å²) < 4.78 is 7.75. The minimum Gasteiger partial charge on any atom is -0.444 e. The summed E-state index contributed by atoms with van der Waals surface area (Å²) in [7, 11) is 0. The topological polar surface area (TPSA) is 66.8 Å². The van der Waals surface area contributed by atoms with Crippen LogP contribution in [0, 0.1) is 6.92 Å². The number of amides is 2. The molecule has 0 radical (unpaired) electrons. The number of likely N-dealkylation sites (tertiary alicyclic amines) is 1. The molecule has 3 heterocycles. The number of aromatic nitrogens is 1. The van der Waals surface area contributed by atoms with Gasteiger partial charge in [-0.25, -0.2) is 4.79 Å². The number of halogens is 1. The molecule has 2 aliphatic heterocycles. The van der Waals surface area contributed by atoms with Crippen molar-refractivity contribution in [2.24, 2.45) is 0 Å². The van der Waals surface area contributed by atoms with E-state index in [2.05, 4.69) is 70.2 Å². The van der Waals surface area contributed by atoms with Gasteiger partial charge in [-0.2, -0.15) is 0 Å². The van der Waals surface area contributed by atoms with Crippen LogP contribution in [-0.2, 0) is 22.7 Å². The number of para-hydroxylation sites is 1. The Labute approximate surface area is 228 Å². The Hall–Kier alpha value is -3.55. The number of benzene rings is 3. The van der Waals surface area contributed by atoms with E-state index in [4.69, 9.17) is 4.74 Å². The monoisotopic (exact) mass is 532 g/mol. The number of nitrogens with zero attached hydrogens (tertiary/aromatic N) is 3. The van der Waals surface area contributed by atoms with Crippen molar-refractivity contribution in [1.82, 2.24) is 9.47 Å². The van der Waals surface area contributed by atoms with E-state index in [1.807, 2.05) is 24.0 Å². The second-order valence-electron chi connectivity index (χ2n) is 10.1. The molecule has 1 N–H and O–H groups in total. The summed E-state index contributed by atoms with van der Waals surface area (Å²) in [5, 5.41) is 5.45. The van der Waals surface area contributed by atoms with Crippen LogP contribution in [-0.4, -0.2) is 47.1 Å². The maximum atomic E-state index is 12.9. The van der Waals surface area contributed by atoms with Crippen molar-refractivity contribution in [3.05, 3.63) is 71.8 Å². The van der Waals surface area contributed by atoms with Crippen LogP contribution in [0.25, 0.3) is 21.8 Å². The molecule has 38 heavy (non-hydrogen) atoms. The van der Waals surface area contributed by atoms with E-state index in [0.29, 0.717) is 13.2 Å². The Morgan fingerprint density at radius 2 is 1.76 bits per heavy atom. The second-order valence-corrected chi connectivity index (χ2v) is 10.1. The first-order valence-electron chi connectivity index (χ1n) is 13.1. The van der Waals surface area contributed by atoms with Gasteiger partial charge in [-0.05, 0) is 62.6 Å². The number of rotatable bonds is 5. The number of carbonyl (C=O) groups is 2. The van der Waals surface area contributed by atoms with Crippen molar-refractivity contribution in [3.8, 4) is 0 Å². The predicted octanol–water partition coefficient (Wildman–Crippen LogP) is 6.10. The highest BCUT2D eigenvalue weighted by atomic mass is 35.5. The normalized spacial score (nSPS) is 16.3. The largest absolute Gasteiger partial charge is 0.444 e. The zero-order valence-corrected chi connectivity index (χ0v) is 22.6. The van der Waals surface area contributed by atoms with Gasteiger partial charge in [-0.3, -0.25) is 14.6 Å². The molecule has 1 fully saturated rings. The van der Waals surface area contributed by atoms with E-state index in [1.54, 1.807) is 0 Å². The van der Waals surface area contributed by atoms with Crippen molar-refractivity contribution < 1.29 is 14.3 Å². The van der Waals surface area contributed by atoms with Gasteiger partial charge >= 0.3 is 6.09 Å². The van der Waals surface area contributed by atoms with E-state index < -0.39 is 0 Å². The van der Waals surface area contributed by atoms with Gasteiger partial charge < -0.3 is 14.6 Å². The zero-order valence-electron chi connectivity index (χ0n) is 21.8. The van der Waals surface area contributed by atoms with Gasteiger partial charge in [0.25, 0.3) is 0 Å². The summed E-state index contributed by atoms with van der Waals surface area (Å²) >= 11 is 0. The maximum Gasteiger partial charge on any atom is 0.414 e. The highest BCUT2D eigenvalue weighted by molar-refractivity contribution is 6.09. The van der Waals surface area contributed by atoms with Crippen molar-refractivity contribution in [1.29, 1.82) is 0 Å². The van der Waals surface area contributed by atoms with E-state index in [0.717, 1.165) is 60.4 Å². The molecule has 1 aromatic heterocycles. The Balaban J connectivity index is 0.00000294. The number of cyclic esters (lactones) is 1. The second kappa shape index (κ2) is 10.7. The Morgan fingerprint density at radius 3 is 2.55 bits per heavy atom. The van der Waals surface area contributed by atoms with Crippen molar-refractivity contribution in [3.63, 3.8) is 0 Å². The number of carbonyl (C=O) groups excluding carboxylic acids is 2. The van der Waals surface area contributed by atoms with Gasteiger partial charge in [0.2, 0.25) is 5.91 Å². The van der Waals surface area contributed by atoms with Crippen LogP contribution in [0.5, 0.6) is 0 Å². The quantitative estimate of drug-likeness (QED) is 0.337. The fourth-order valence-corrected chi connectivity index (χ4v) is 5.88. The first kappa shape index (κ1) is 26.1. The Bertz CT molecular complexity index is 1510. The molecule has 7 nitrogen and oxygen atoms in total. The Kier molecular flexibility index (Phi) is 7.32. The number of ether oxygens (including phenoxy) is 1. The predicted molar refractivity (Wildman–Crippen MR) is 154 cm³/mol. The summed E-state index contributed by atoms with van der Waals surface area (Å²) in [6, 6.07) is 20.8. The third-order valence-electron chi connectivity index (χ3n) is 7.71. The number of hydrogen-bond donors (Lipinski definition) is 1. The standard InChI is InChI=1S/C30H32N4O3.ClH/c1-3-33-26-7-5-4-6-24(26)25-17-22(10-11-27(25)33)31-29(35)18-32-14-12-23(13-15-32)34-28-16-20(2)8-9-21(28)19-37-30(34)36;/h4-11,16-17,23H,3,12-15,18-19H2,1-2H3,(H,31,35);1H. The molecule has 6 rings (SSSR count). The number of fused-ring (bicyclic) bond motifs is 4. The summed E-state index contributed by atoms with van der Waals surface area (Å²) in [5.41, 5.74) is 6.34. The fraction of sp³-hybridized carbons (Fsp3) is 0.333. The smallest absolute Gasteiger partial charge is 0.414 e. The van der Waals surface area contributed by atoms with Crippen molar-refractivity contribution >= 4 is 57.6 Å². The van der Waals surface area contributed by atoms with Crippen molar-refractivity contribution in [2.75, 3.05) is 29.9 Å². The van der Waals surface area contributed by atoms with Gasteiger partial charge in [0.15, 0.2) is 0 Å². The number of anilines is 2. The molecule has 0 spiro atoms. The lowest BCUT2D eigenvalue weighted by atomic mass is 10.00.